The van der Waals surface area contributed by atoms with Gasteiger partial charge in [-0.2, -0.15) is 0 Å². The van der Waals surface area contributed by atoms with Gasteiger partial charge in [-0.15, -0.1) is 0 Å². The third-order valence-corrected chi connectivity index (χ3v) is 7.00. The van der Waals surface area contributed by atoms with Gasteiger partial charge in [0.1, 0.15) is 17.3 Å². The molecule has 4 aromatic rings. The monoisotopic (exact) mass is 488 g/mol. The average molecular weight is 489 g/mol. The number of hydrogen-bond donors (Lipinski definition) is 1. The van der Waals surface area contributed by atoms with Gasteiger partial charge in [0.05, 0.1) is 28.9 Å². The maximum Gasteiger partial charge on any atom is 0.301 e. The molecule has 1 aromatic heterocycles. The number of aliphatic hydroxyl groups is 1. The number of rotatable bonds is 4. The maximum atomic E-state index is 13.7. The molecular weight excluding hydrogens is 467 g/mol. The van der Waals surface area contributed by atoms with Crippen molar-refractivity contribution in [1.29, 1.82) is 0 Å². The number of ether oxygens (including phenoxy) is 1. The number of aliphatic hydroxyl groups excluding tert-OH is 1. The lowest BCUT2D eigenvalue weighted by Crippen LogP contribution is -2.29. The lowest BCUT2D eigenvalue weighted by molar-refractivity contribution is -0.132. The Morgan fingerprint density at radius 3 is 2.54 bits per heavy atom. The number of ketones is 1. The molecule has 1 amide bonds. The summed E-state index contributed by atoms with van der Waals surface area (Å²) in [5, 5.41) is 11.6. The van der Waals surface area contributed by atoms with Crippen LogP contribution in [0.15, 0.2) is 66.2 Å². The number of carbonyl (C=O) groups is 2. The Labute approximate surface area is 204 Å². The second-order valence-corrected chi connectivity index (χ2v) is 9.39. The molecule has 8 heteroatoms. The summed E-state index contributed by atoms with van der Waals surface area (Å²) in [6.07, 6.45) is 0. The Hall–Kier alpha value is -4.04. The molecule has 5 rings (SSSR count). The molecule has 0 spiro atoms. The number of anilines is 1. The predicted octanol–water partition coefficient (Wildman–Crippen LogP) is 5.69. The second-order valence-electron chi connectivity index (χ2n) is 8.38. The lowest BCUT2D eigenvalue weighted by Gasteiger charge is -2.23. The molecule has 0 aliphatic carbocycles. The number of Topliss-reactive ketones (excluding diaryl/α,β-unsaturated/α-hetero) is 1. The third kappa shape index (κ3) is 3.85. The van der Waals surface area contributed by atoms with Gasteiger partial charge in [0, 0.05) is 5.56 Å². The minimum Gasteiger partial charge on any atom is -0.507 e. The number of methoxy groups -OCH3 is 1. The van der Waals surface area contributed by atoms with Crippen molar-refractivity contribution in [2.45, 2.75) is 19.9 Å². The van der Waals surface area contributed by atoms with Gasteiger partial charge in [0.2, 0.25) is 0 Å². The number of aromatic nitrogens is 1. The standard InChI is InChI=1S/C27H21FN2O4S/c1-14-11-15(2)22-20(12-14)35-27(29-22)30-23(16-7-9-18(28)10-8-16)21(25(32)26(30)33)24(31)17-5-4-6-19(13-17)34-3/h4-13,23,31H,1-3H3/t23-/m1/s1. The van der Waals surface area contributed by atoms with Crippen LogP contribution in [0.3, 0.4) is 0 Å². The van der Waals surface area contributed by atoms with Gasteiger partial charge in [0.25, 0.3) is 5.78 Å². The molecule has 1 N–H and O–H groups in total. The normalized spacial score (nSPS) is 17.4. The molecule has 1 fully saturated rings. The number of aryl methyl sites for hydroxylation is 2. The van der Waals surface area contributed by atoms with Crippen molar-refractivity contribution in [3.05, 3.63) is 94.3 Å². The zero-order valence-electron chi connectivity index (χ0n) is 19.2. The van der Waals surface area contributed by atoms with Crippen LogP contribution >= 0.6 is 11.3 Å². The van der Waals surface area contributed by atoms with Crippen LogP contribution < -0.4 is 9.64 Å². The Balaban J connectivity index is 1.74. The van der Waals surface area contributed by atoms with E-state index in [1.54, 1.807) is 24.3 Å². The van der Waals surface area contributed by atoms with Gasteiger partial charge in [-0.05, 0) is 60.9 Å². The molecule has 176 valence electrons. The molecule has 6 nitrogen and oxygen atoms in total. The minimum atomic E-state index is -0.983. The molecular formula is C27H21FN2O4S. The number of halogens is 1. The van der Waals surface area contributed by atoms with Crippen LogP contribution in [0, 0.1) is 19.7 Å². The number of benzene rings is 3. The molecule has 2 heterocycles. The van der Waals surface area contributed by atoms with Crippen molar-refractivity contribution in [3.8, 4) is 5.75 Å². The van der Waals surface area contributed by atoms with Crippen LogP contribution in [-0.2, 0) is 9.59 Å². The zero-order chi connectivity index (χ0) is 24.9. The second kappa shape index (κ2) is 8.63. The summed E-state index contributed by atoms with van der Waals surface area (Å²) in [5.74, 6) is -1.96. The van der Waals surface area contributed by atoms with Crippen LogP contribution in [0.1, 0.15) is 28.3 Å². The van der Waals surface area contributed by atoms with Gasteiger partial charge in [-0.1, -0.05) is 41.7 Å². The number of carbonyl (C=O) groups excluding carboxylic acids is 2. The van der Waals surface area contributed by atoms with Crippen molar-refractivity contribution in [1.82, 2.24) is 4.98 Å². The molecule has 1 aliphatic rings. The zero-order valence-corrected chi connectivity index (χ0v) is 20.0. The van der Waals surface area contributed by atoms with Crippen molar-refractivity contribution >= 4 is 44.1 Å². The van der Waals surface area contributed by atoms with E-state index in [1.807, 2.05) is 26.0 Å². The van der Waals surface area contributed by atoms with Crippen LogP contribution in [0.2, 0.25) is 0 Å². The van der Waals surface area contributed by atoms with E-state index >= 15 is 0 Å². The highest BCUT2D eigenvalue weighted by molar-refractivity contribution is 7.22. The molecule has 1 atom stereocenters. The molecule has 0 bridgehead atoms. The molecule has 0 radical (unpaired) electrons. The summed E-state index contributed by atoms with van der Waals surface area (Å²) in [6, 6.07) is 15.1. The molecule has 0 unspecified atom stereocenters. The van der Waals surface area contributed by atoms with Crippen molar-refractivity contribution in [2.24, 2.45) is 0 Å². The summed E-state index contributed by atoms with van der Waals surface area (Å²) in [5.41, 5.74) is 3.45. The lowest BCUT2D eigenvalue weighted by atomic mass is 9.95. The maximum absolute atomic E-state index is 13.7. The van der Waals surface area contributed by atoms with E-state index in [0.29, 0.717) is 22.0 Å². The average Bonchev–Trinajstić information content (AvgIpc) is 3.38. The van der Waals surface area contributed by atoms with E-state index in [1.165, 1.54) is 47.6 Å². The summed E-state index contributed by atoms with van der Waals surface area (Å²) in [7, 11) is 1.49. The molecule has 1 aliphatic heterocycles. The first kappa shape index (κ1) is 22.7. The van der Waals surface area contributed by atoms with Gasteiger partial charge >= 0.3 is 5.91 Å². The topological polar surface area (TPSA) is 79.7 Å². The third-order valence-electron chi connectivity index (χ3n) is 6.00. The first-order valence-electron chi connectivity index (χ1n) is 10.9. The van der Waals surface area contributed by atoms with E-state index in [4.69, 9.17) is 4.74 Å². The van der Waals surface area contributed by atoms with Crippen molar-refractivity contribution < 1.29 is 23.8 Å². The summed E-state index contributed by atoms with van der Waals surface area (Å²) < 4.78 is 19.9. The first-order valence-corrected chi connectivity index (χ1v) is 11.7. The fourth-order valence-corrected chi connectivity index (χ4v) is 5.55. The highest BCUT2D eigenvalue weighted by Gasteiger charge is 2.48. The number of hydrogen-bond acceptors (Lipinski definition) is 6. The van der Waals surface area contributed by atoms with E-state index in [-0.39, 0.29) is 11.3 Å². The fourth-order valence-electron chi connectivity index (χ4n) is 4.38. The number of thiazole rings is 1. The highest BCUT2D eigenvalue weighted by atomic mass is 32.1. The van der Waals surface area contributed by atoms with E-state index in [2.05, 4.69) is 4.98 Å². The van der Waals surface area contributed by atoms with Crippen molar-refractivity contribution in [3.63, 3.8) is 0 Å². The Kier molecular flexibility index (Phi) is 5.61. The highest BCUT2D eigenvalue weighted by Crippen LogP contribution is 2.44. The minimum absolute atomic E-state index is 0.0954. The van der Waals surface area contributed by atoms with E-state index in [0.717, 1.165) is 21.3 Å². The Morgan fingerprint density at radius 2 is 1.83 bits per heavy atom. The SMILES string of the molecule is COc1cccc(C(O)=C2C(=O)C(=O)N(c3nc4c(C)cc(C)cc4s3)[C@@H]2c2ccc(F)cc2)c1. The van der Waals surface area contributed by atoms with Crippen LogP contribution in [0.25, 0.3) is 16.0 Å². The molecule has 35 heavy (non-hydrogen) atoms. The summed E-state index contributed by atoms with van der Waals surface area (Å²) >= 11 is 1.29. The van der Waals surface area contributed by atoms with Crippen LogP contribution in [0.5, 0.6) is 5.75 Å². The van der Waals surface area contributed by atoms with Crippen molar-refractivity contribution in [2.75, 3.05) is 12.0 Å². The largest absolute Gasteiger partial charge is 0.507 e. The van der Waals surface area contributed by atoms with Crippen LogP contribution in [0.4, 0.5) is 9.52 Å². The number of nitrogens with zero attached hydrogens (tertiary/aromatic N) is 2. The number of fused-ring (bicyclic) bond motifs is 1. The molecule has 1 saturated heterocycles. The van der Waals surface area contributed by atoms with Gasteiger partial charge in [-0.25, -0.2) is 9.37 Å². The van der Waals surface area contributed by atoms with E-state index in [9.17, 15) is 19.1 Å². The van der Waals surface area contributed by atoms with Gasteiger partial charge in [0.15, 0.2) is 5.13 Å². The quantitative estimate of drug-likeness (QED) is 0.227. The molecule has 3 aromatic carbocycles. The van der Waals surface area contributed by atoms with Gasteiger partial charge < -0.3 is 9.84 Å². The smallest absolute Gasteiger partial charge is 0.301 e. The first-order chi connectivity index (χ1) is 16.8. The van der Waals surface area contributed by atoms with E-state index < -0.39 is 23.5 Å². The Morgan fingerprint density at radius 1 is 1.09 bits per heavy atom. The predicted molar refractivity (Wildman–Crippen MR) is 133 cm³/mol. The Bertz CT molecular complexity index is 1520. The summed E-state index contributed by atoms with van der Waals surface area (Å²) in [4.78, 5) is 32.6. The van der Waals surface area contributed by atoms with Crippen LogP contribution in [-0.4, -0.2) is 28.9 Å². The van der Waals surface area contributed by atoms with Gasteiger partial charge in [-0.3, -0.25) is 14.5 Å². The fraction of sp³-hybridized carbons (Fsp3) is 0.148. The summed E-state index contributed by atoms with van der Waals surface area (Å²) in [6.45, 7) is 3.91. The molecule has 0 saturated carbocycles. The number of amides is 1.